The normalized spacial score (nSPS) is 14.5. The van der Waals surface area contributed by atoms with Crippen molar-refractivity contribution in [2.45, 2.75) is 78.2 Å². The number of carbonyl (C=O) groups is 7. The molecule has 0 saturated carbocycles. The average molecular weight is 1080 g/mol. The van der Waals surface area contributed by atoms with E-state index in [4.69, 9.17) is 42.4 Å². The number of piperidine rings is 1. The van der Waals surface area contributed by atoms with Gasteiger partial charge in [-0.25, -0.2) is 9.97 Å². The van der Waals surface area contributed by atoms with Crippen LogP contribution < -0.4 is 40.6 Å². The number of rotatable bonds is 18. The minimum atomic E-state index is -1.10. The van der Waals surface area contributed by atoms with Crippen molar-refractivity contribution in [2.24, 2.45) is 7.05 Å². The first kappa shape index (κ1) is 55.2. The molecule has 26 heteroatoms. The Labute approximate surface area is 444 Å². The molecule has 3 aliphatic heterocycles. The van der Waals surface area contributed by atoms with E-state index in [-0.39, 0.29) is 90.0 Å². The Morgan fingerprint density at radius 2 is 1.59 bits per heavy atom. The van der Waals surface area contributed by atoms with Crippen LogP contribution in [-0.4, -0.2) is 119 Å². The number of imide groups is 2. The van der Waals surface area contributed by atoms with E-state index in [0.29, 0.717) is 48.7 Å². The number of anilines is 1. The third-order valence-electron chi connectivity index (χ3n) is 11.8. The summed E-state index contributed by atoms with van der Waals surface area (Å²) in [5, 5.41) is 17.0. The molecule has 24 nitrogen and oxygen atoms in total. The molecule has 1 unspecified atom stereocenters. The van der Waals surface area contributed by atoms with Gasteiger partial charge in [-0.1, -0.05) is 60.5 Å². The highest BCUT2D eigenvalue weighted by Crippen LogP contribution is 2.36. The van der Waals surface area contributed by atoms with Gasteiger partial charge in [0.2, 0.25) is 23.6 Å². The maximum Gasteiger partial charge on any atom is 0.319 e. The van der Waals surface area contributed by atoms with Crippen molar-refractivity contribution in [2.75, 3.05) is 32.3 Å². The Bertz CT molecular complexity index is 3230. The zero-order valence-electron chi connectivity index (χ0n) is 42.0. The van der Waals surface area contributed by atoms with Gasteiger partial charge in [0.05, 0.1) is 60.9 Å². The van der Waals surface area contributed by atoms with Crippen molar-refractivity contribution in [3.05, 3.63) is 122 Å². The minimum Gasteiger partial charge on any atom is -0.484 e. The van der Waals surface area contributed by atoms with Crippen LogP contribution in [0.25, 0.3) is 11.4 Å². The topological polar surface area (TPSA) is 286 Å². The fourth-order valence-corrected chi connectivity index (χ4v) is 8.64. The fourth-order valence-electron chi connectivity index (χ4n) is 8.24. The maximum absolute atomic E-state index is 13.8. The Hall–Kier alpha value is -8.51. The number of pyridine rings is 1. The van der Waals surface area contributed by atoms with Gasteiger partial charge in [-0.15, -0.1) is 5.10 Å². The Morgan fingerprint density at radius 3 is 2.30 bits per heavy atom. The van der Waals surface area contributed by atoms with Crippen molar-refractivity contribution in [3.63, 3.8) is 0 Å². The van der Waals surface area contributed by atoms with Gasteiger partial charge in [0.1, 0.15) is 29.0 Å². The number of carbonyl (C=O) groups excluding carboxylic acids is 7. The maximum atomic E-state index is 13.8. The van der Waals surface area contributed by atoms with E-state index in [1.807, 2.05) is 48.7 Å². The third kappa shape index (κ3) is 12.7. The lowest BCUT2D eigenvalue weighted by molar-refractivity contribution is -0.136. The number of imidazole rings is 1. The molecule has 398 valence electrons. The van der Waals surface area contributed by atoms with Crippen molar-refractivity contribution < 1.29 is 47.8 Å². The summed E-state index contributed by atoms with van der Waals surface area (Å²) in [6.45, 7) is 4.67. The largest absolute Gasteiger partial charge is 0.484 e. The van der Waals surface area contributed by atoms with E-state index >= 15 is 0 Å². The molecule has 76 heavy (non-hydrogen) atoms. The highest BCUT2D eigenvalue weighted by molar-refractivity contribution is 6.31. The van der Waals surface area contributed by atoms with E-state index in [2.05, 4.69) is 36.2 Å². The fraction of sp³-hybridized carbons (Fsp3) is 0.340. The van der Waals surface area contributed by atoms with Crippen LogP contribution in [0.1, 0.15) is 88.5 Å². The monoisotopic (exact) mass is 1080 g/mol. The number of fused-ring (bicyclic) bond motifs is 2. The van der Waals surface area contributed by atoms with Crippen molar-refractivity contribution in [3.8, 4) is 29.0 Å². The van der Waals surface area contributed by atoms with E-state index in [9.17, 15) is 38.4 Å². The molecule has 1 saturated heterocycles. The van der Waals surface area contributed by atoms with Crippen molar-refractivity contribution in [1.29, 1.82) is 0 Å². The van der Waals surface area contributed by atoms with Gasteiger partial charge in [0.15, 0.2) is 12.3 Å². The summed E-state index contributed by atoms with van der Waals surface area (Å²) in [6.07, 6.45) is 5.60. The molecule has 7 heterocycles. The predicted octanol–water partition coefficient (Wildman–Crippen LogP) is 3.91. The number of nitrogens with zero attached hydrogens (tertiary/aromatic N) is 10. The van der Waals surface area contributed by atoms with Crippen LogP contribution in [0, 0.1) is 0 Å². The van der Waals surface area contributed by atoms with E-state index in [1.165, 1.54) is 60.3 Å². The average Bonchev–Trinajstić information content (AvgIpc) is 4.20. The molecular formula is C50H53Cl2N13O11. The summed E-state index contributed by atoms with van der Waals surface area (Å²) in [4.78, 5) is 117. The minimum absolute atomic E-state index is 0.00254. The van der Waals surface area contributed by atoms with E-state index in [1.54, 1.807) is 17.9 Å². The first-order valence-corrected chi connectivity index (χ1v) is 24.7. The third-order valence-corrected chi connectivity index (χ3v) is 12.3. The van der Waals surface area contributed by atoms with Gasteiger partial charge in [-0.3, -0.25) is 58.2 Å². The lowest BCUT2D eigenvalue weighted by Gasteiger charge is -2.27. The van der Waals surface area contributed by atoms with E-state index in [0.717, 1.165) is 9.92 Å². The molecule has 4 aromatic heterocycles. The summed E-state index contributed by atoms with van der Waals surface area (Å²) in [5.41, 5.74) is 1.46. The first-order valence-electron chi connectivity index (χ1n) is 24.0. The first-order chi connectivity index (χ1) is 36.6. The lowest BCUT2D eigenvalue weighted by atomic mass is 10.0. The van der Waals surface area contributed by atoms with Crippen LogP contribution in [0.3, 0.4) is 0 Å². The van der Waals surface area contributed by atoms with Crippen molar-refractivity contribution in [1.82, 2.24) is 59.9 Å². The number of aromatic nitrogens is 8. The number of ether oxygens (including phenoxy) is 3. The standard InChI is InChI=1S/C42H42ClN13O11.C6H5Cl.C2H6/c1-52-18-22(43)14-29(40(52)63)55-20-30-34(41(55)64)48-35(27-17-46-42(66-3)49-37(27)65-2)54(30)13-5-12-53-19-23(50-51-53)16-45-31(57)6-4-11-44-33(59)21-67-24-7-8-25-26(15-24)39(62)56(38(25)61)28-9-10-32(58)47-36(28)60;7-6-4-2-1-3-5-6;1-2/h7-8,14-15,17-19,28H,4-6,9-13,16,20-21H2,1-3H3,(H,44,59)(H,45,57)(H,47,58,60);1-5H;1-2H3. The number of aryl methyl sites for hydroxylation is 2. The SMILES string of the molecule is CC.COc1ncc(-c2nc3c(n2CCCn2cc(CNC(=O)CCCNC(=O)COc4ccc5c(c4)C(=O)N(C4CCC(=O)NC4=O)C5=O)nn2)CN(c2cc(Cl)cn(C)c2=O)C3=O)c(OC)n1.Clc1ccccc1. The Morgan fingerprint density at radius 1 is 0.829 bits per heavy atom. The van der Waals surface area contributed by atoms with Gasteiger partial charge in [-0.05, 0) is 55.7 Å². The number of hydrogen-bond acceptors (Lipinski definition) is 16. The molecule has 0 spiro atoms. The zero-order chi connectivity index (χ0) is 54.6. The lowest BCUT2D eigenvalue weighted by Crippen LogP contribution is -2.54. The summed E-state index contributed by atoms with van der Waals surface area (Å²) < 4.78 is 21.0. The molecule has 1 fully saturated rings. The second kappa shape index (κ2) is 25.1. The predicted molar refractivity (Wildman–Crippen MR) is 274 cm³/mol. The van der Waals surface area contributed by atoms with Crippen LogP contribution in [0.2, 0.25) is 10.0 Å². The summed E-state index contributed by atoms with van der Waals surface area (Å²) >= 11 is 11.8. The summed E-state index contributed by atoms with van der Waals surface area (Å²) in [5.74, 6) is -3.06. The molecule has 7 amide bonds. The second-order valence-corrected chi connectivity index (χ2v) is 17.7. The molecule has 3 aliphatic rings. The molecule has 0 bridgehead atoms. The van der Waals surface area contributed by atoms with Gasteiger partial charge in [0, 0.05) is 56.9 Å². The molecule has 2 aromatic carbocycles. The number of halogens is 2. The van der Waals surface area contributed by atoms with Crippen LogP contribution in [0.5, 0.6) is 17.6 Å². The van der Waals surface area contributed by atoms with Gasteiger partial charge < -0.3 is 34.0 Å². The molecule has 1 atom stereocenters. The molecular weight excluding hydrogens is 1030 g/mol. The molecule has 9 rings (SSSR count). The van der Waals surface area contributed by atoms with Crippen LogP contribution in [0.4, 0.5) is 5.69 Å². The van der Waals surface area contributed by atoms with E-state index < -0.39 is 53.7 Å². The van der Waals surface area contributed by atoms with Gasteiger partial charge in [0.25, 0.3) is 29.2 Å². The van der Waals surface area contributed by atoms with Gasteiger partial charge in [-0.2, -0.15) is 4.98 Å². The van der Waals surface area contributed by atoms with Gasteiger partial charge >= 0.3 is 6.01 Å². The van der Waals surface area contributed by atoms with Crippen LogP contribution in [-0.2, 0) is 52.4 Å². The van der Waals surface area contributed by atoms with Crippen LogP contribution in [0.15, 0.2) is 78.0 Å². The smallest absolute Gasteiger partial charge is 0.319 e. The quantitative estimate of drug-likeness (QED) is 0.0812. The number of methoxy groups -OCH3 is 2. The number of benzene rings is 2. The highest BCUT2D eigenvalue weighted by atomic mass is 35.5. The Kier molecular flexibility index (Phi) is 18.3. The zero-order valence-corrected chi connectivity index (χ0v) is 43.5. The summed E-state index contributed by atoms with van der Waals surface area (Å²) in [7, 11) is 4.41. The summed E-state index contributed by atoms with van der Waals surface area (Å²) in [6, 6.07) is 14.0. The van der Waals surface area contributed by atoms with Crippen molar-refractivity contribution >= 4 is 70.2 Å². The molecule has 0 aliphatic carbocycles. The second-order valence-electron chi connectivity index (χ2n) is 16.8. The number of nitrogens with one attached hydrogen (secondary N) is 3. The number of hydrogen-bond donors (Lipinski definition) is 3. The molecule has 6 aromatic rings. The molecule has 0 radical (unpaired) electrons. The highest BCUT2D eigenvalue weighted by Gasteiger charge is 2.45. The number of amides is 7. The van der Waals surface area contributed by atoms with Crippen LogP contribution >= 0.6 is 23.2 Å². The molecule has 3 N–H and O–H groups in total. The Balaban J connectivity index is 0.000000855.